The van der Waals surface area contributed by atoms with Gasteiger partial charge in [-0.25, -0.2) is 4.39 Å². The van der Waals surface area contributed by atoms with Crippen LogP contribution < -0.4 is 0 Å². The summed E-state index contributed by atoms with van der Waals surface area (Å²) in [5.74, 6) is 0.743. The van der Waals surface area contributed by atoms with Gasteiger partial charge in [0.25, 0.3) is 0 Å². The first-order chi connectivity index (χ1) is 11.4. The number of halogens is 2. The van der Waals surface area contributed by atoms with Crippen LogP contribution in [0.5, 0.6) is 0 Å². The van der Waals surface area contributed by atoms with Crippen molar-refractivity contribution in [3.05, 3.63) is 45.7 Å². The number of allylic oxidation sites excluding steroid dienone is 2. The lowest BCUT2D eigenvalue weighted by Crippen LogP contribution is -2.27. The molecule has 0 spiro atoms. The zero-order valence-corrected chi connectivity index (χ0v) is 17.7. The molecule has 1 aliphatic carbocycles. The highest BCUT2D eigenvalue weighted by Crippen LogP contribution is 2.43. The lowest BCUT2D eigenvalue weighted by atomic mass is 9.68. The molecule has 0 amide bonds. The van der Waals surface area contributed by atoms with E-state index in [1.54, 1.807) is 0 Å². The smallest absolute Gasteiger partial charge is 0.145 e. The fraction of sp³-hybridized carbons (Fsp3) is 0.652. The van der Waals surface area contributed by atoms with Gasteiger partial charge in [0.15, 0.2) is 0 Å². The molecule has 140 valence electrons. The van der Waals surface area contributed by atoms with E-state index in [0.717, 1.165) is 29.9 Å². The van der Waals surface area contributed by atoms with Crippen molar-refractivity contribution < 1.29 is 4.39 Å². The second-order valence-electron chi connectivity index (χ2n) is 9.72. The van der Waals surface area contributed by atoms with E-state index >= 15 is 0 Å². The van der Waals surface area contributed by atoms with E-state index in [-0.39, 0.29) is 17.2 Å². The first-order valence-corrected chi connectivity index (χ1v) is 9.97. The van der Waals surface area contributed by atoms with Gasteiger partial charge in [-0.3, -0.25) is 0 Å². The first kappa shape index (κ1) is 20.5. The van der Waals surface area contributed by atoms with Gasteiger partial charge in [0.05, 0.1) is 5.02 Å². The zero-order valence-electron chi connectivity index (χ0n) is 17.0. The molecule has 0 nitrogen and oxygen atoms in total. The molecule has 0 aliphatic heterocycles. The van der Waals surface area contributed by atoms with Crippen LogP contribution in [-0.4, -0.2) is 0 Å². The maximum atomic E-state index is 14.8. The van der Waals surface area contributed by atoms with E-state index in [1.165, 1.54) is 12.0 Å². The molecule has 1 aromatic carbocycles. The van der Waals surface area contributed by atoms with Crippen molar-refractivity contribution in [1.82, 2.24) is 0 Å². The van der Waals surface area contributed by atoms with E-state index in [1.807, 2.05) is 26.0 Å². The third kappa shape index (κ3) is 4.67. The molecule has 2 rings (SSSR count). The lowest BCUT2D eigenvalue weighted by Gasteiger charge is -2.38. The molecular formula is C23H34ClF. The second kappa shape index (κ2) is 7.43. The van der Waals surface area contributed by atoms with Crippen molar-refractivity contribution in [3.63, 3.8) is 0 Å². The molecule has 1 atom stereocenters. The minimum absolute atomic E-state index is 0.0353. The third-order valence-electron chi connectivity index (χ3n) is 5.95. The predicted octanol–water partition coefficient (Wildman–Crippen LogP) is 7.94. The standard InChI is InChI=1S/C23H34ClF/c1-15(2)19-13-8-16(21(25)20(19)24)14-23(6,7)18-11-9-17(10-12-18)22(3,4)5/h8,11,13,15,17H,9-10,12,14H2,1-7H3. The van der Waals surface area contributed by atoms with E-state index in [4.69, 9.17) is 11.6 Å². The Hall–Kier alpha value is -0.820. The minimum Gasteiger partial charge on any atom is -0.205 e. The van der Waals surface area contributed by atoms with Crippen LogP contribution in [0.15, 0.2) is 23.8 Å². The Kier molecular flexibility index (Phi) is 6.09. The van der Waals surface area contributed by atoms with Crippen molar-refractivity contribution >= 4 is 11.6 Å². The van der Waals surface area contributed by atoms with Gasteiger partial charge in [-0.2, -0.15) is 0 Å². The maximum Gasteiger partial charge on any atom is 0.145 e. The van der Waals surface area contributed by atoms with Crippen molar-refractivity contribution in [1.29, 1.82) is 0 Å². The zero-order chi connectivity index (χ0) is 19.0. The first-order valence-electron chi connectivity index (χ1n) is 9.59. The number of hydrogen-bond acceptors (Lipinski definition) is 0. The Balaban J connectivity index is 2.20. The van der Waals surface area contributed by atoms with Crippen LogP contribution in [0, 0.1) is 22.6 Å². The molecular weight excluding hydrogens is 331 g/mol. The molecule has 1 unspecified atom stereocenters. The van der Waals surface area contributed by atoms with E-state index in [2.05, 4.69) is 40.7 Å². The molecule has 0 saturated heterocycles. The molecule has 0 heterocycles. The van der Waals surface area contributed by atoms with E-state index < -0.39 is 0 Å². The van der Waals surface area contributed by atoms with Crippen LogP contribution in [-0.2, 0) is 6.42 Å². The second-order valence-corrected chi connectivity index (χ2v) is 10.1. The van der Waals surface area contributed by atoms with Gasteiger partial charge in [-0.15, -0.1) is 0 Å². The molecule has 1 aliphatic rings. The SMILES string of the molecule is CC(C)c1ccc(CC(C)(C)C2=CCC(C(C)(C)C)CC2)c(F)c1Cl. The summed E-state index contributed by atoms with van der Waals surface area (Å²) < 4.78 is 14.8. The third-order valence-corrected chi connectivity index (χ3v) is 6.34. The molecule has 0 aromatic heterocycles. The number of hydrogen-bond donors (Lipinski definition) is 0. The summed E-state index contributed by atoms with van der Waals surface area (Å²) in [6.45, 7) is 15.5. The Morgan fingerprint density at radius 1 is 1.16 bits per heavy atom. The minimum atomic E-state index is -0.232. The number of rotatable bonds is 4. The van der Waals surface area contributed by atoms with Gasteiger partial charge in [-0.1, -0.05) is 83.8 Å². The summed E-state index contributed by atoms with van der Waals surface area (Å²) >= 11 is 6.29. The molecule has 1 aromatic rings. The summed E-state index contributed by atoms with van der Waals surface area (Å²) in [6, 6.07) is 3.92. The van der Waals surface area contributed by atoms with Gasteiger partial charge in [0.2, 0.25) is 0 Å². The van der Waals surface area contributed by atoms with Crippen LogP contribution in [0.1, 0.15) is 84.8 Å². The molecule has 2 heteroatoms. The van der Waals surface area contributed by atoms with Crippen molar-refractivity contribution in [2.24, 2.45) is 16.7 Å². The van der Waals surface area contributed by atoms with Crippen LogP contribution in [0.2, 0.25) is 5.02 Å². The van der Waals surface area contributed by atoms with Crippen molar-refractivity contribution in [2.45, 2.75) is 80.1 Å². The fourth-order valence-corrected chi connectivity index (χ4v) is 4.41. The maximum absolute atomic E-state index is 14.8. The normalized spacial score (nSPS) is 19.3. The van der Waals surface area contributed by atoms with Gasteiger partial charge in [0, 0.05) is 0 Å². The van der Waals surface area contributed by atoms with Crippen molar-refractivity contribution in [3.8, 4) is 0 Å². The summed E-state index contributed by atoms with van der Waals surface area (Å²) in [4.78, 5) is 0. The van der Waals surface area contributed by atoms with Gasteiger partial charge in [0.1, 0.15) is 5.82 Å². The molecule has 0 radical (unpaired) electrons. The summed E-state index contributed by atoms with van der Waals surface area (Å²) in [5, 5.41) is 0.300. The van der Waals surface area contributed by atoms with Gasteiger partial charge in [-0.05, 0) is 59.5 Å². The Labute approximate surface area is 158 Å². The Morgan fingerprint density at radius 2 is 1.80 bits per heavy atom. The fourth-order valence-electron chi connectivity index (χ4n) is 4.01. The van der Waals surface area contributed by atoms with E-state index in [9.17, 15) is 4.39 Å². The largest absolute Gasteiger partial charge is 0.205 e. The summed E-state index contributed by atoms with van der Waals surface area (Å²) in [5.41, 5.74) is 3.42. The molecule has 25 heavy (non-hydrogen) atoms. The summed E-state index contributed by atoms with van der Waals surface area (Å²) in [7, 11) is 0. The highest BCUT2D eigenvalue weighted by atomic mass is 35.5. The lowest BCUT2D eigenvalue weighted by molar-refractivity contribution is 0.212. The highest BCUT2D eigenvalue weighted by molar-refractivity contribution is 6.31. The van der Waals surface area contributed by atoms with Gasteiger partial charge < -0.3 is 0 Å². The molecule has 0 bridgehead atoms. The number of benzene rings is 1. The average Bonchev–Trinajstić information content (AvgIpc) is 2.51. The molecule has 0 fully saturated rings. The van der Waals surface area contributed by atoms with Crippen LogP contribution in [0.4, 0.5) is 4.39 Å². The average molecular weight is 365 g/mol. The topological polar surface area (TPSA) is 0 Å². The van der Waals surface area contributed by atoms with Crippen molar-refractivity contribution in [2.75, 3.05) is 0 Å². The monoisotopic (exact) mass is 364 g/mol. The Morgan fingerprint density at radius 3 is 2.28 bits per heavy atom. The Bertz CT molecular complexity index is 647. The predicted molar refractivity (Wildman–Crippen MR) is 108 cm³/mol. The highest BCUT2D eigenvalue weighted by Gasteiger charge is 2.32. The van der Waals surface area contributed by atoms with Gasteiger partial charge >= 0.3 is 0 Å². The molecule has 0 saturated carbocycles. The molecule has 0 N–H and O–H groups in total. The van der Waals surface area contributed by atoms with Crippen LogP contribution >= 0.6 is 11.6 Å². The van der Waals surface area contributed by atoms with Crippen LogP contribution in [0.25, 0.3) is 0 Å². The quantitative estimate of drug-likeness (QED) is 0.475. The summed E-state index contributed by atoms with van der Waals surface area (Å²) in [6.07, 6.45) is 6.60. The van der Waals surface area contributed by atoms with Crippen LogP contribution in [0.3, 0.4) is 0 Å². The van der Waals surface area contributed by atoms with E-state index in [0.29, 0.717) is 16.9 Å².